The van der Waals surface area contributed by atoms with E-state index >= 15 is 0 Å². The number of nitrogens with zero attached hydrogens (tertiary/aromatic N) is 1. The van der Waals surface area contributed by atoms with Gasteiger partial charge in [0, 0.05) is 31.2 Å². The van der Waals surface area contributed by atoms with Gasteiger partial charge in [0.05, 0.1) is 11.5 Å². The third-order valence-electron chi connectivity index (χ3n) is 4.44. The van der Waals surface area contributed by atoms with Crippen LogP contribution in [0.2, 0.25) is 0 Å². The van der Waals surface area contributed by atoms with Crippen molar-refractivity contribution in [1.82, 2.24) is 16.0 Å². The minimum Gasteiger partial charge on any atom is -0.353 e. The van der Waals surface area contributed by atoms with Crippen molar-refractivity contribution in [2.75, 3.05) is 18.6 Å². The van der Waals surface area contributed by atoms with Gasteiger partial charge in [0.1, 0.15) is 0 Å². The molecule has 1 fully saturated rings. The first-order valence-electron chi connectivity index (χ1n) is 8.90. The Morgan fingerprint density at radius 2 is 2.11 bits per heavy atom. The molecule has 1 aliphatic heterocycles. The normalized spacial score (nSPS) is 19.7. The molecule has 2 unspecified atom stereocenters. The monoisotopic (exact) mass is 508 g/mol. The van der Waals surface area contributed by atoms with Crippen LogP contribution in [0.15, 0.2) is 29.3 Å². The largest absolute Gasteiger partial charge is 0.353 e. The van der Waals surface area contributed by atoms with Crippen LogP contribution in [0.25, 0.3) is 0 Å². The molecule has 2 atom stereocenters. The van der Waals surface area contributed by atoms with Crippen LogP contribution in [0.5, 0.6) is 0 Å². The minimum absolute atomic E-state index is 0. The van der Waals surface area contributed by atoms with Gasteiger partial charge in [-0.1, -0.05) is 19.1 Å². The molecule has 1 aromatic rings. The molecule has 1 aromatic carbocycles. The molecular weight excluding hydrogens is 479 g/mol. The molecule has 2 rings (SSSR count). The zero-order chi connectivity index (χ0) is 19.2. The zero-order valence-corrected chi connectivity index (χ0v) is 19.1. The highest BCUT2D eigenvalue weighted by molar-refractivity contribution is 14.0. The van der Waals surface area contributed by atoms with Crippen molar-refractivity contribution in [2.45, 2.75) is 45.3 Å². The van der Waals surface area contributed by atoms with E-state index in [1.54, 1.807) is 13.1 Å². The fraction of sp³-hybridized carbons (Fsp3) is 0.556. The second kappa shape index (κ2) is 10.8. The predicted octanol–water partition coefficient (Wildman–Crippen LogP) is 1.69. The lowest BCUT2D eigenvalue weighted by atomic mass is 10.1. The molecule has 0 saturated carbocycles. The van der Waals surface area contributed by atoms with E-state index in [4.69, 9.17) is 0 Å². The molecule has 0 aromatic heterocycles. The summed E-state index contributed by atoms with van der Waals surface area (Å²) in [4.78, 5) is 16.4. The lowest BCUT2D eigenvalue weighted by Crippen LogP contribution is -2.43. The molecule has 3 N–H and O–H groups in total. The molecule has 152 valence electrons. The second-order valence-corrected chi connectivity index (χ2v) is 8.88. The maximum absolute atomic E-state index is 12.2. The number of hydrogen-bond donors (Lipinski definition) is 3. The Morgan fingerprint density at radius 3 is 2.70 bits per heavy atom. The van der Waals surface area contributed by atoms with Crippen LogP contribution in [0.1, 0.15) is 42.6 Å². The first-order chi connectivity index (χ1) is 12.3. The number of rotatable bonds is 6. The number of amides is 1. The smallest absolute Gasteiger partial charge is 0.251 e. The summed E-state index contributed by atoms with van der Waals surface area (Å²) in [6.45, 7) is 4.49. The van der Waals surface area contributed by atoms with Gasteiger partial charge in [-0.15, -0.1) is 24.0 Å². The SMILES string of the molecule is CCC(C)NC(=O)c1cccc(CNC(=NC)NC2CCS(=O)(=O)C2)c1.I. The van der Waals surface area contributed by atoms with E-state index in [0.717, 1.165) is 12.0 Å². The van der Waals surface area contributed by atoms with E-state index in [2.05, 4.69) is 20.9 Å². The molecule has 27 heavy (non-hydrogen) atoms. The molecule has 9 heteroatoms. The molecule has 0 spiro atoms. The Balaban J connectivity index is 0.00000364. The van der Waals surface area contributed by atoms with E-state index in [0.29, 0.717) is 24.5 Å². The Hall–Kier alpha value is -1.36. The summed E-state index contributed by atoms with van der Waals surface area (Å²) in [6.07, 6.45) is 1.47. The average Bonchev–Trinajstić information content (AvgIpc) is 2.97. The van der Waals surface area contributed by atoms with Crippen LogP contribution in [-0.4, -0.2) is 50.9 Å². The molecule has 0 aliphatic carbocycles. The molecule has 1 heterocycles. The van der Waals surface area contributed by atoms with Crippen molar-refractivity contribution in [1.29, 1.82) is 0 Å². The number of carbonyl (C=O) groups excluding carboxylic acids is 1. The summed E-state index contributed by atoms with van der Waals surface area (Å²) in [5, 5.41) is 9.27. The minimum atomic E-state index is -2.93. The Kier molecular flexibility index (Phi) is 9.51. The summed E-state index contributed by atoms with van der Waals surface area (Å²) < 4.78 is 23.1. The number of sulfone groups is 1. The maximum atomic E-state index is 12.2. The number of hydrogen-bond acceptors (Lipinski definition) is 4. The number of nitrogens with one attached hydrogen (secondary N) is 3. The standard InChI is InChI=1S/C18H28N4O3S.HI/c1-4-13(2)21-17(23)15-7-5-6-14(10-15)11-20-18(19-3)22-16-8-9-26(24,25)12-16;/h5-7,10,13,16H,4,8-9,11-12H2,1-3H3,(H,21,23)(H2,19,20,22);1H. The highest BCUT2D eigenvalue weighted by Crippen LogP contribution is 2.11. The number of carbonyl (C=O) groups is 1. The third-order valence-corrected chi connectivity index (χ3v) is 6.20. The summed E-state index contributed by atoms with van der Waals surface area (Å²) in [7, 11) is -1.29. The van der Waals surface area contributed by atoms with Crippen LogP contribution < -0.4 is 16.0 Å². The Labute approximate surface area is 178 Å². The van der Waals surface area contributed by atoms with Crippen molar-refractivity contribution >= 4 is 45.7 Å². The van der Waals surface area contributed by atoms with Crippen molar-refractivity contribution in [3.63, 3.8) is 0 Å². The number of guanidine groups is 1. The predicted molar refractivity (Wildman–Crippen MR) is 119 cm³/mol. The van der Waals surface area contributed by atoms with Gasteiger partial charge < -0.3 is 16.0 Å². The van der Waals surface area contributed by atoms with E-state index in [9.17, 15) is 13.2 Å². The van der Waals surface area contributed by atoms with Gasteiger partial charge in [0.25, 0.3) is 5.91 Å². The Morgan fingerprint density at radius 1 is 1.37 bits per heavy atom. The van der Waals surface area contributed by atoms with E-state index in [1.165, 1.54) is 0 Å². The maximum Gasteiger partial charge on any atom is 0.251 e. The third kappa shape index (κ3) is 7.65. The first-order valence-corrected chi connectivity index (χ1v) is 10.7. The summed E-state index contributed by atoms with van der Waals surface area (Å²) in [5.74, 6) is 0.829. The van der Waals surface area contributed by atoms with Gasteiger partial charge in [0.2, 0.25) is 0 Å². The molecular formula is C18H29IN4O3S. The summed E-state index contributed by atoms with van der Waals surface area (Å²) >= 11 is 0. The van der Waals surface area contributed by atoms with Crippen LogP contribution in [0.4, 0.5) is 0 Å². The number of benzene rings is 1. The van der Waals surface area contributed by atoms with Gasteiger partial charge in [-0.05, 0) is 37.5 Å². The van der Waals surface area contributed by atoms with Crippen LogP contribution in [0, 0.1) is 0 Å². The average molecular weight is 508 g/mol. The van der Waals surface area contributed by atoms with E-state index < -0.39 is 9.84 Å². The number of aliphatic imine (C=N–C) groups is 1. The summed E-state index contributed by atoms with van der Waals surface area (Å²) in [5.41, 5.74) is 1.57. The lowest BCUT2D eigenvalue weighted by Gasteiger charge is -2.16. The molecule has 0 radical (unpaired) electrons. The van der Waals surface area contributed by atoms with E-state index in [-0.39, 0.29) is 53.5 Å². The van der Waals surface area contributed by atoms with Gasteiger partial charge >= 0.3 is 0 Å². The summed E-state index contributed by atoms with van der Waals surface area (Å²) in [6, 6.07) is 7.44. The fourth-order valence-corrected chi connectivity index (χ4v) is 4.39. The molecule has 1 aliphatic rings. The zero-order valence-electron chi connectivity index (χ0n) is 16.0. The highest BCUT2D eigenvalue weighted by atomic mass is 127. The van der Waals surface area contributed by atoms with Crippen LogP contribution in [-0.2, 0) is 16.4 Å². The molecule has 1 amide bonds. The molecule has 1 saturated heterocycles. The van der Waals surface area contributed by atoms with Crippen molar-refractivity contribution < 1.29 is 13.2 Å². The molecule has 0 bridgehead atoms. The van der Waals surface area contributed by atoms with Gasteiger partial charge in [0.15, 0.2) is 15.8 Å². The Bertz CT molecular complexity index is 768. The second-order valence-electron chi connectivity index (χ2n) is 6.65. The first kappa shape index (κ1) is 23.7. The van der Waals surface area contributed by atoms with Crippen molar-refractivity contribution in [2.24, 2.45) is 4.99 Å². The van der Waals surface area contributed by atoms with Crippen LogP contribution in [0.3, 0.4) is 0 Å². The van der Waals surface area contributed by atoms with Gasteiger partial charge in [-0.2, -0.15) is 0 Å². The van der Waals surface area contributed by atoms with Crippen molar-refractivity contribution in [3.8, 4) is 0 Å². The van der Waals surface area contributed by atoms with E-state index in [1.807, 2.05) is 32.0 Å². The quantitative estimate of drug-likeness (QED) is 0.309. The molecule has 7 nitrogen and oxygen atoms in total. The lowest BCUT2D eigenvalue weighted by molar-refractivity contribution is 0.0939. The van der Waals surface area contributed by atoms with Crippen LogP contribution >= 0.6 is 24.0 Å². The fourth-order valence-electron chi connectivity index (χ4n) is 2.71. The van der Waals surface area contributed by atoms with Gasteiger partial charge in [-0.25, -0.2) is 8.42 Å². The topological polar surface area (TPSA) is 99.7 Å². The van der Waals surface area contributed by atoms with Gasteiger partial charge in [-0.3, -0.25) is 9.79 Å². The number of halogens is 1. The highest BCUT2D eigenvalue weighted by Gasteiger charge is 2.28. The van der Waals surface area contributed by atoms with Crippen molar-refractivity contribution in [3.05, 3.63) is 35.4 Å².